The monoisotopic (exact) mass is 406 g/mol. The van der Waals surface area contributed by atoms with Crippen molar-refractivity contribution in [2.24, 2.45) is 18.9 Å². The third-order valence-electron chi connectivity index (χ3n) is 6.53. The second kappa shape index (κ2) is 10.1. The maximum Gasteiger partial charge on any atom is 0.255 e. The first-order chi connectivity index (χ1) is 14.7. The SMILES string of the molecule is Cn1cc(C(=O)NCc2ccccc2)c(CC2CCN(C[C@@H]3CC=CCC3)CC2)n1. The topological polar surface area (TPSA) is 50.2 Å². The fraction of sp³-hybridized carbons (Fsp3) is 0.520. The zero-order valence-corrected chi connectivity index (χ0v) is 18.1. The molecule has 5 heteroatoms. The molecule has 5 nitrogen and oxygen atoms in total. The molecule has 30 heavy (non-hydrogen) atoms. The highest BCUT2D eigenvalue weighted by atomic mass is 16.1. The van der Waals surface area contributed by atoms with E-state index in [-0.39, 0.29) is 5.91 Å². The number of carbonyl (C=O) groups excluding carboxylic acids is 1. The number of likely N-dealkylation sites (tertiary alicyclic amines) is 1. The zero-order valence-electron chi connectivity index (χ0n) is 18.1. The van der Waals surface area contributed by atoms with Gasteiger partial charge in [-0.1, -0.05) is 42.5 Å². The van der Waals surface area contributed by atoms with Gasteiger partial charge in [0, 0.05) is 26.3 Å². The number of nitrogens with one attached hydrogen (secondary N) is 1. The van der Waals surface area contributed by atoms with E-state index in [1.165, 1.54) is 51.7 Å². The van der Waals surface area contributed by atoms with E-state index in [2.05, 4.69) is 27.5 Å². The number of piperidine rings is 1. The van der Waals surface area contributed by atoms with Crippen LogP contribution in [0.5, 0.6) is 0 Å². The third-order valence-corrected chi connectivity index (χ3v) is 6.53. The number of rotatable bonds is 7. The second-order valence-electron chi connectivity index (χ2n) is 8.93. The predicted molar refractivity (Wildman–Crippen MR) is 120 cm³/mol. The number of hydrogen-bond acceptors (Lipinski definition) is 3. The van der Waals surface area contributed by atoms with Crippen LogP contribution in [0.1, 0.15) is 53.7 Å². The van der Waals surface area contributed by atoms with Crippen molar-refractivity contribution in [3.05, 3.63) is 65.5 Å². The Morgan fingerprint density at radius 3 is 2.63 bits per heavy atom. The fourth-order valence-corrected chi connectivity index (χ4v) is 4.78. The van der Waals surface area contributed by atoms with Gasteiger partial charge in [-0.3, -0.25) is 9.48 Å². The largest absolute Gasteiger partial charge is 0.348 e. The molecule has 0 radical (unpaired) electrons. The number of allylic oxidation sites excluding steroid dienone is 2. The first kappa shape index (κ1) is 20.9. The van der Waals surface area contributed by atoms with E-state index in [0.29, 0.717) is 12.5 Å². The molecule has 4 rings (SSSR count). The van der Waals surface area contributed by atoms with E-state index >= 15 is 0 Å². The van der Waals surface area contributed by atoms with Crippen LogP contribution in [0, 0.1) is 11.8 Å². The molecular formula is C25H34N4O. The zero-order chi connectivity index (χ0) is 20.8. The first-order valence-corrected chi connectivity index (χ1v) is 11.4. The maximum absolute atomic E-state index is 12.8. The molecule has 0 saturated carbocycles. The molecule has 2 aromatic rings. The smallest absolute Gasteiger partial charge is 0.255 e. The Morgan fingerprint density at radius 2 is 1.90 bits per heavy atom. The van der Waals surface area contributed by atoms with Crippen LogP contribution in [-0.4, -0.2) is 40.2 Å². The van der Waals surface area contributed by atoms with E-state index < -0.39 is 0 Å². The number of aromatic nitrogens is 2. The van der Waals surface area contributed by atoms with Crippen molar-refractivity contribution in [3.63, 3.8) is 0 Å². The summed E-state index contributed by atoms with van der Waals surface area (Å²) in [4.78, 5) is 15.4. The number of benzene rings is 1. The summed E-state index contributed by atoms with van der Waals surface area (Å²) in [5, 5.41) is 7.68. The molecular weight excluding hydrogens is 372 g/mol. The second-order valence-corrected chi connectivity index (χ2v) is 8.93. The number of amides is 1. The minimum Gasteiger partial charge on any atom is -0.348 e. The van der Waals surface area contributed by atoms with E-state index in [4.69, 9.17) is 0 Å². The number of carbonyl (C=O) groups is 1. The molecule has 0 unspecified atom stereocenters. The van der Waals surface area contributed by atoms with Gasteiger partial charge in [-0.2, -0.15) is 5.10 Å². The lowest BCUT2D eigenvalue weighted by atomic mass is 9.89. The molecule has 1 atom stereocenters. The molecule has 0 spiro atoms. The van der Waals surface area contributed by atoms with Gasteiger partial charge >= 0.3 is 0 Å². The van der Waals surface area contributed by atoms with Gasteiger partial charge in [0.05, 0.1) is 11.3 Å². The molecule has 160 valence electrons. The average Bonchev–Trinajstić information content (AvgIpc) is 3.15. The number of hydrogen-bond donors (Lipinski definition) is 1. The Hall–Kier alpha value is -2.40. The van der Waals surface area contributed by atoms with Crippen molar-refractivity contribution in [3.8, 4) is 0 Å². The summed E-state index contributed by atoms with van der Waals surface area (Å²) in [6.07, 6.45) is 13.7. The molecule has 1 saturated heterocycles. The van der Waals surface area contributed by atoms with E-state index in [1.807, 2.05) is 43.6 Å². The van der Waals surface area contributed by atoms with Crippen LogP contribution < -0.4 is 5.32 Å². The lowest BCUT2D eigenvalue weighted by Gasteiger charge is -2.34. The summed E-state index contributed by atoms with van der Waals surface area (Å²) in [5.74, 6) is 1.43. The number of aryl methyl sites for hydroxylation is 1. The molecule has 2 heterocycles. The van der Waals surface area contributed by atoms with Gasteiger partial charge in [-0.05, 0) is 69.0 Å². The van der Waals surface area contributed by atoms with Crippen molar-refractivity contribution >= 4 is 5.91 Å². The summed E-state index contributed by atoms with van der Waals surface area (Å²) in [7, 11) is 1.90. The highest BCUT2D eigenvalue weighted by molar-refractivity contribution is 5.95. The van der Waals surface area contributed by atoms with Crippen LogP contribution >= 0.6 is 0 Å². The summed E-state index contributed by atoms with van der Waals surface area (Å²) >= 11 is 0. The molecule has 1 N–H and O–H groups in total. The minimum absolute atomic E-state index is 0.0234. The van der Waals surface area contributed by atoms with Gasteiger partial charge in [0.1, 0.15) is 0 Å². The molecule has 1 amide bonds. The van der Waals surface area contributed by atoms with Crippen molar-refractivity contribution in [2.75, 3.05) is 19.6 Å². The Balaban J connectivity index is 1.28. The minimum atomic E-state index is -0.0234. The number of nitrogens with zero attached hydrogens (tertiary/aromatic N) is 3. The quantitative estimate of drug-likeness (QED) is 0.708. The molecule has 1 aromatic heterocycles. The maximum atomic E-state index is 12.8. The van der Waals surface area contributed by atoms with Crippen LogP contribution in [0.15, 0.2) is 48.7 Å². The van der Waals surface area contributed by atoms with Crippen molar-refractivity contribution < 1.29 is 4.79 Å². The summed E-state index contributed by atoms with van der Waals surface area (Å²) in [6.45, 7) is 4.14. The van der Waals surface area contributed by atoms with Crippen LogP contribution in [0.4, 0.5) is 0 Å². The fourth-order valence-electron chi connectivity index (χ4n) is 4.78. The van der Waals surface area contributed by atoms with E-state index in [0.717, 1.165) is 29.2 Å². The first-order valence-electron chi connectivity index (χ1n) is 11.4. The highest BCUT2D eigenvalue weighted by Crippen LogP contribution is 2.25. The van der Waals surface area contributed by atoms with Gasteiger partial charge in [0.15, 0.2) is 0 Å². The molecule has 1 aliphatic heterocycles. The Bertz CT molecular complexity index is 849. The Morgan fingerprint density at radius 1 is 1.10 bits per heavy atom. The molecule has 1 aromatic carbocycles. The summed E-state index contributed by atoms with van der Waals surface area (Å²) in [5.41, 5.74) is 2.78. The molecule has 1 fully saturated rings. The van der Waals surface area contributed by atoms with Crippen molar-refractivity contribution in [2.45, 2.75) is 45.1 Å². The molecule has 0 bridgehead atoms. The van der Waals surface area contributed by atoms with Gasteiger partial charge in [-0.25, -0.2) is 0 Å². The van der Waals surface area contributed by atoms with Crippen LogP contribution in [-0.2, 0) is 20.0 Å². The third kappa shape index (κ3) is 5.60. The van der Waals surface area contributed by atoms with Gasteiger partial charge in [0.25, 0.3) is 5.91 Å². The lowest BCUT2D eigenvalue weighted by molar-refractivity contribution is 0.0949. The standard InChI is InChI=1S/C25H34N4O/c1-28-19-23(25(30)26-17-21-8-4-2-5-9-21)24(27-28)16-20-12-14-29(15-13-20)18-22-10-6-3-7-11-22/h2-6,8-9,19-20,22H,7,10-18H2,1H3,(H,26,30)/t22-/m1/s1. The van der Waals surface area contributed by atoms with Crippen LogP contribution in [0.3, 0.4) is 0 Å². The van der Waals surface area contributed by atoms with E-state index in [1.54, 1.807) is 4.68 Å². The molecule has 1 aliphatic carbocycles. The highest BCUT2D eigenvalue weighted by Gasteiger charge is 2.25. The average molecular weight is 407 g/mol. The normalized spacial score (nSPS) is 20.4. The van der Waals surface area contributed by atoms with Crippen molar-refractivity contribution in [1.82, 2.24) is 20.0 Å². The van der Waals surface area contributed by atoms with E-state index in [9.17, 15) is 4.79 Å². The predicted octanol–water partition coefficient (Wildman–Crippen LogP) is 3.96. The lowest BCUT2D eigenvalue weighted by Crippen LogP contribution is -2.38. The van der Waals surface area contributed by atoms with Crippen molar-refractivity contribution in [1.29, 1.82) is 0 Å². The summed E-state index contributed by atoms with van der Waals surface area (Å²) in [6, 6.07) is 10.0. The Kier molecular flexibility index (Phi) is 7.00. The summed E-state index contributed by atoms with van der Waals surface area (Å²) < 4.78 is 1.78. The van der Waals surface area contributed by atoms with Crippen LogP contribution in [0.25, 0.3) is 0 Å². The molecule has 2 aliphatic rings. The van der Waals surface area contributed by atoms with Gasteiger partial charge < -0.3 is 10.2 Å². The van der Waals surface area contributed by atoms with Crippen LogP contribution in [0.2, 0.25) is 0 Å². The van der Waals surface area contributed by atoms with Gasteiger partial charge in [-0.15, -0.1) is 0 Å². The Labute approximate surface area is 180 Å². The van der Waals surface area contributed by atoms with Gasteiger partial charge in [0.2, 0.25) is 0 Å².